The molecule has 0 aliphatic rings. The fraction of sp³-hybridized carbons (Fsp3) is 0.150. The molecule has 0 radical (unpaired) electrons. The number of amides is 1. The zero-order valence-electron chi connectivity index (χ0n) is 14.9. The molecule has 1 atom stereocenters. The van der Waals surface area contributed by atoms with E-state index in [0.717, 1.165) is 11.1 Å². The number of nitrogens with one attached hydrogen (secondary N) is 3. The van der Waals surface area contributed by atoms with Crippen LogP contribution in [0.2, 0.25) is 0 Å². The van der Waals surface area contributed by atoms with Crippen LogP contribution in [-0.4, -0.2) is 27.9 Å². The van der Waals surface area contributed by atoms with Crippen molar-refractivity contribution in [3.8, 4) is 0 Å². The summed E-state index contributed by atoms with van der Waals surface area (Å²) in [4.78, 5) is 40.6. The number of imidazole rings is 1. The molecule has 1 aromatic heterocycles. The van der Waals surface area contributed by atoms with Crippen molar-refractivity contribution in [1.82, 2.24) is 9.97 Å². The van der Waals surface area contributed by atoms with Crippen LogP contribution in [0.4, 0.5) is 5.69 Å². The molecule has 7 nitrogen and oxygen atoms in total. The average molecular weight is 365 g/mol. The van der Waals surface area contributed by atoms with Crippen molar-refractivity contribution in [3.05, 3.63) is 70.2 Å². The smallest absolute Gasteiger partial charge is 0.331 e. The maximum atomic E-state index is 12.2. The lowest BCUT2D eigenvalue weighted by Gasteiger charge is -2.12. The molecule has 3 N–H and O–H groups in total. The van der Waals surface area contributed by atoms with Gasteiger partial charge in [-0.05, 0) is 43.7 Å². The van der Waals surface area contributed by atoms with Gasteiger partial charge in [-0.15, -0.1) is 0 Å². The van der Waals surface area contributed by atoms with E-state index in [0.29, 0.717) is 16.7 Å². The van der Waals surface area contributed by atoms with Gasteiger partial charge in [0, 0.05) is 11.8 Å². The molecule has 0 aliphatic heterocycles. The third kappa shape index (κ3) is 4.72. The summed E-state index contributed by atoms with van der Waals surface area (Å²) in [7, 11) is 0. The van der Waals surface area contributed by atoms with Crippen LogP contribution in [0.5, 0.6) is 0 Å². The SMILES string of the molecule is Cc1cccc(/C=C/C(=O)O[C@@H](C)C(=O)Nc2ccc3[nH]c(=O)[nH]c3c2)c1. The van der Waals surface area contributed by atoms with Gasteiger partial charge in [0.05, 0.1) is 11.0 Å². The van der Waals surface area contributed by atoms with Gasteiger partial charge in [-0.1, -0.05) is 29.8 Å². The molecule has 7 heteroatoms. The molecular weight excluding hydrogens is 346 g/mol. The van der Waals surface area contributed by atoms with E-state index in [1.54, 1.807) is 24.3 Å². The molecule has 1 amide bonds. The lowest BCUT2D eigenvalue weighted by atomic mass is 10.1. The Kier molecular flexibility index (Phi) is 5.21. The lowest BCUT2D eigenvalue weighted by Crippen LogP contribution is -2.29. The predicted octanol–water partition coefficient (Wildman–Crippen LogP) is 2.75. The highest BCUT2D eigenvalue weighted by Crippen LogP contribution is 2.15. The molecule has 1 heterocycles. The molecule has 0 bridgehead atoms. The quantitative estimate of drug-likeness (QED) is 0.478. The van der Waals surface area contributed by atoms with Gasteiger partial charge in [-0.3, -0.25) is 4.79 Å². The minimum atomic E-state index is -0.972. The number of benzene rings is 2. The minimum Gasteiger partial charge on any atom is -0.449 e. The number of aromatic nitrogens is 2. The second-order valence-electron chi connectivity index (χ2n) is 6.16. The van der Waals surface area contributed by atoms with Gasteiger partial charge in [-0.2, -0.15) is 0 Å². The largest absolute Gasteiger partial charge is 0.449 e. The summed E-state index contributed by atoms with van der Waals surface area (Å²) in [5.41, 5.74) is 3.33. The number of aryl methyl sites for hydroxylation is 1. The Balaban J connectivity index is 1.59. The third-order valence-electron chi connectivity index (χ3n) is 3.90. The van der Waals surface area contributed by atoms with Gasteiger partial charge in [0.25, 0.3) is 5.91 Å². The highest BCUT2D eigenvalue weighted by molar-refractivity contribution is 5.97. The molecule has 0 spiro atoms. The van der Waals surface area contributed by atoms with E-state index >= 15 is 0 Å². The number of rotatable bonds is 5. The first-order chi connectivity index (χ1) is 12.9. The average Bonchev–Trinajstić information content (AvgIpc) is 2.99. The van der Waals surface area contributed by atoms with Crippen LogP contribution < -0.4 is 11.0 Å². The number of carbonyl (C=O) groups excluding carboxylic acids is 2. The van der Waals surface area contributed by atoms with Gasteiger partial charge in [-0.25, -0.2) is 9.59 Å². The molecule has 2 aromatic carbocycles. The van der Waals surface area contributed by atoms with Gasteiger partial charge < -0.3 is 20.0 Å². The number of anilines is 1. The molecule has 3 aromatic rings. The number of H-pyrrole nitrogens is 2. The number of ether oxygens (including phenoxy) is 1. The molecule has 0 unspecified atom stereocenters. The number of hydrogen-bond acceptors (Lipinski definition) is 4. The zero-order valence-corrected chi connectivity index (χ0v) is 14.9. The second kappa shape index (κ2) is 7.74. The van der Waals surface area contributed by atoms with E-state index in [4.69, 9.17) is 4.74 Å². The number of hydrogen-bond donors (Lipinski definition) is 3. The monoisotopic (exact) mass is 365 g/mol. The number of esters is 1. The molecule has 3 rings (SSSR count). The number of fused-ring (bicyclic) bond motifs is 1. The molecule has 27 heavy (non-hydrogen) atoms. The fourth-order valence-electron chi connectivity index (χ4n) is 2.56. The van der Waals surface area contributed by atoms with Crippen molar-refractivity contribution in [3.63, 3.8) is 0 Å². The van der Waals surface area contributed by atoms with E-state index in [9.17, 15) is 14.4 Å². The van der Waals surface area contributed by atoms with E-state index in [2.05, 4.69) is 15.3 Å². The lowest BCUT2D eigenvalue weighted by molar-refractivity contribution is -0.148. The molecule has 0 aliphatic carbocycles. The van der Waals surface area contributed by atoms with Gasteiger partial charge >= 0.3 is 11.7 Å². The van der Waals surface area contributed by atoms with Crippen molar-refractivity contribution in [2.45, 2.75) is 20.0 Å². The Morgan fingerprint density at radius 2 is 1.89 bits per heavy atom. The van der Waals surface area contributed by atoms with Crippen LogP contribution in [0.15, 0.2) is 53.3 Å². The number of carbonyl (C=O) groups is 2. The summed E-state index contributed by atoms with van der Waals surface area (Å²) in [6.07, 6.45) is 1.95. The van der Waals surface area contributed by atoms with E-state index in [1.165, 1.54) is 13.0 Å². The third-order valence-corrected chi connectivity index (χ3v) is 3.90. The molecule has 0 saturated heterocycles. The van der Waals surface area contributed by atoms with E-state index < -0.39 is 18.0 Å². The molecular formula is C20H19N3O4. The van der Waals surface area contributed by atoms with Crippen molar-refractivity contribution in [2.24, 2.45) is 0 Å². The Hall–Kier alpha value is -3.61. The summed E-state index contributed by atoms with van der Waals surface area (Å²) in [5, 5.41) is 2.65. The first-order valence-electron chi connectivity index (χ1n) is 8.39. The normalized spacial score (nSPS) is 12.2. The van der Waals surface area contributed by atoms with Gasteiger partial charge in [0.2, 0.25) is 0 Å². The Morgan fingerprint density at radius 1 is 1.11 bits per heavy atom. The van der Waals surface area contributed by atoms with Crippen molar-refractivity contribution >= 4 is 34.7 Å². The van der Waals surface area contributed by atoms with Crippen LogP contribution >= 0.6 is 0 Å². The topological polar surface area (TPSA) is 104 Å². The van der Waals surface area contributed by atoms with Crippen molar-refractivity contribution < 1.29 is 14.3 Å². The molecule has 0 fully saturated rings. The number of aromatic amines is 2. The van der Waals surface area contributed by atoms with Gasteiger partial charge in [0.1, 0.15) is 0 Å². The Bertz CT molecular complexity index is 1080. The summed E-state index contributed by atoms with van der Waals surface area (Å²) >= 11 is 0. The highest BCUT2D eigenvalue weighted by atomic mass is 16.5. The van der Waals surface area contributed by atoms with Gasteiger partial charge in [0.15, 0.2) is 6.10 Å². The van der Waals surface area contributed by atoms with Crippen LogP contribution in [0.1, 0.15) is 18.1 Å². The Labute approximate surface area is 155 Å². The predicted molar refractivity (Wildman–Crippen MR) is 103 cm³/mol. The standard InChI is InChI=1S/C20H19N3O4/c1-12-4-3-5-14(10-12)6-9-18(24)27-13(2)19(25)21-15-7-8-16-17(11-15)23-20(26)22-16/h3-11,13H,1-2H3,(H,21,25)(H2,22,23,26)/b9-6+/t13-/m0/s1. The second-order valence-corrected chi connectivity index (χ2v) is 6.16. The maximum Gasteiger partial charge on any atom is 0.331 e. The zero-order chi connectivity index (χ0) is 19.4. The van der Waals surface area contributed by atoms with E-state index in [-0.39, 0.29) is 5.69 Å². The maximum absolute atomic E-state index is 12.2. The highest BCUT2D eigenvalue weighted by Gasteiger charge is 2.17. The van der Waals surface area contributed by atoms with E-state index in [1.807, 2.05) is 31.2 Å². The van der Waals surface area contributed by atoms with Crippen LogP contribution in [0.3, 0.4) is 0 Å². The van der Waals surface area contributed by atoms with Crippen LogP contribution in [0.25, 0.3) is 17.1 Å². The summed E-state index contributed by atoms with van der Waals surface area (Å²) in [6, 6.07) is 12.6. The summed E-state index contributed by atoms with van der Waals surface area (Å²) in [6.45, 7) is 3.45. The first kappa shape index (κ1) is 18.2. The molecule has 0 saturated carbocycles. The minimum absolute atomic E-state index is 0.323. The van der Waals surface area contributed by atoms with Crippen LogP contribution in [0, 0.1) is 6.92 Å². The van der Waals surface area contributed by atoms with Crippen LogP contribution in [-0.2, 0) is 14.3 Å². The summed E-state index contributed by atoms with van der Waals surface area (Å²) < 4.78 is 5.13. The van der Waals surface area contributed by atoms with Crippen molar-refractivity contribution in [1.29, 1.82) is 0 Å². The van der Waals surface area contributed by atoms with Crippen molar-refractivity contribution in [2.75, 3.05) is 5.32 Å². The Morgan fingerprint density at radius 3 is 2.67 bits per heavy atom. The first-order valence-corrected chi connectivity index (χ1v) is 8.39. The fourth-order valence-corrected chi connectivity index (χ4v) is 2.56. The summed E-state index contributed by atoms with van der Waals surface area (Å²) in [5.74, 6) is -1.07. The molecule has 138 valence electrons.